The second-order valence-electron chi connectivity index (χ2n) is 5.14. The van der Waals surface area contributed by atoms with Crippen LogP contribution in [0.5, 0.6) is 0 Å². The van der Waals surface area contributed by atoms with Gasteiger partial charge in [-0.2, -0.15) is 0 Å². The molecule has 1 aromatic heterocycles. The van der Waals surface area contributed by atoms with Crippen LogP contribution in [0.25, 0.3) is 0 Å². The first-order valence-electron chi connectivity index (χ1n) is 6.96. The van der Waals surface area contributed by atoms with Crippen LogP contribution in [-0.4, -0.2) is 10.2 Å². The van der Waals surface area contributed by atoms with Gasteiger partial charge in [-0.15, -0.1) is 10.2 Å². The maximum Gasteiger partial charge on any atom is 0.233 e. The summed E-state index contributed by atoms with van der Waals surface area (Å²) < 4.78 is 5.79. The molecule has 1 aromatic carbocycles. The zero-order valence-corrected chi connectivity index (χ0v) is 11.2. The molecule has 1 aliphatic carbocycles. The quantitative estimate of drug-likeness (QED) is 0.918. The van der Waals surface area contributed by atoms with Crippen molar-refractivity contribution in [1.29, 1.82) is 0 Å². The van der Waals surface area contributed by atoms with Crippen LogP contribution in [0.15, 0.2) is 28.7 Å². The van der Waals surface area contributed by atoms with Crippen LogP contribution in [0.2, 0.25) is 0 Å². The predicted molar refractivity (Wildman–Crippen MR) is 72.7 cm³/mol. The predicted octanol–water partition coefficient (Wildman–Crippen LogP) is 2.95. The van der Waals surface area contributed by atoms with E-state index in [0.717, 1.165) is 19.3 Å². The SMILES string of the molecule is CCC(N)c1nnc(C2CCCc3ccccc32)o1. The molecular weight excluding hydrogens is 238 g/mol. The van der Waals surface area contributed by atoms with Crippen molar-refractivity contribution >= 4 is 0 Å². The number of nitrogens with zero attached hydrogens (tertiary/aromatic N) is 2. The van der Waals surface area contributed by atoms with Crippen LogP contribution in [0.1, 0.15) is 61.1 Å². The lowest BCUT2D eigenvalue weighted by Crippen LogP contribution is -2.11. The average Bonchev–Trinajstić information content (AvgIpc) is 2.95. The molecule has 19 heavy (non-hydrogen) atoms. The maximum atomic E-state index is 5.94. The topological polar surface area (TPSA) is 64.9 Å². The lowest BCUT2D eigenvalue weighted by atomic mass is 9.83. The second kappa shape index (κ2) is 5.13. The maximum absolute atomic E-state index is 5.94. The molecule has 2 unspecified atom stereocenters. The van der Waals surface area contributed by atoms with E-state index in [2.05, 4.69) is 34.5 Å². The van der Waals surface area contributed by atoms with Crippen molar-refractivity contribution in [2.24, 2.45) is 5.73 Å². The Balaban J connectivity index is 1.93. The van der Waals surface area contributed by atoms with Crippen molar-refractivity contribution in [3.63, 3.8) is 0 Å². The van der Waals surface area contributed by atoms with Gasteiger partial charge in [0, 0.05) is 0 Å². The second-order valence-corrected chi connectivity index (χ2v) is 5.14. The molecule has 4 heteroatoms. The highest BCUT2D eigenvalue weighted by Gasteiger charge is 2.26. The summed E-state index contributed by atoms with van der Waals surface area (Å²) in [7, 11) is 0. The number of hydrogen-bond acceptors (Lipinski definition) is 4. The first-order valence-corrected chi connectivity index (χ1v) is 6.96. The minimum Gasteiger partial charge on any atom is -0.423 e. The van der Waals surface area contributed by atoms with Crippen LogP contribution >= 0.6 is 0 Å². The van der Waals surface area contributed by atoms with Gasteiger partial charge in [0.25, 0.3) is 0 Å². The number of nitrogens with two attached hydrogens (primary N) is 1. The van der Waals surface area contributed by atoms with Crippen LogP contribution in [0, 0.1) is 0 Å². The van der Waals surface area contributed by atoms with Gasteiger partial charge in [0.05, 0.1) is 12.0 Å². The molecule has 0 bridgehead atoms. The Morgan fingerprint density at radius 2 is 2.21 bits per heavy atom. The molecule has 0 saturated carbocycles. The smallest absolute Gasteiger partial charge is 0.233 e. The summed E-state index contributed by atoms with van der Waals surface area (Å²) in [6.45, 7) is 2.02. The normalized spacial score (nSPS) is 20.0. The zero-order valence-electron chi connectivity index (χ0n) is 11.2. The molecule has 0 saturated heterocycles. The molecule has 3 rings (SSSR count). The number of aromatic nitrogens is 2. The third-order valence-electron chi connectivity index (χ3n) is 3.88. The third kappa shape index (κ3) is 2.28. The number of aryl methyl sites for hydroxylation is 1. The van der Waals surface area contributed by atoms with Crippen molar-refractivity contribution in [3.05, 3.63) is 47.2 Å². The van der Waals surface area contributed by atoms with Gasteiger partial charge in [-0.05, 0) is 36.8 Å². The van der Waals surface area contributed by atoms with Gasteiger partial charge >= 0.3 is 0 Å². The van der Waals surface area contributed by atoms with E-state index in [4.69, 9.17) is 10.2 Å². The molecule has 1 heterocycles. The summed E-state index contributed by atoms with van der Waals surface area (Å²) in [6.07, 6.45) is 4.18. The van der Waals surface area contributed by atoms with Crippen LogP contribution < -0.4 is 5.73 Å². The Hall–Kier alpha value is -1.68. The molecule has 0 fully saturated rings. The molecule has 0 amide bonds. The monoisotopic (exact) mass is 257 g/mol. The fourth-order valence-electron chi connectivity index (χ4n) is 2.72. The molecule has 100 valence electrons. The van der Waals surface area contributed by atoms with Crippen LogP contribution in [0.4, 0.5) is 0 Å². The molecule has 2 N–H and O–H groups in total. The molecule has 0 aliphatic heterocycles. The highest BCUT2D eigenvalue weighted by atomic mass is 16.4. The largest absolute Gasteiger partial charge is 0.423 e. The van der Waals surface area contributed by atoms with Gasteiger partial charge in [0.2, 0.25) is 11.8 Å². The molecule has 0 radical (unpaired) electrons. The van der Waals surface area contributed by atoms with E-state index < -0.39 is 0 Å². The Kier molecular flexibility index (Phi) is 3.34. The van der Waals surface area contributed by atoms with E-state index in [1.54, 1.807) is 0 Å². The van der Waals surface area contributed by atoms with E-state index in [1.165, 1.54) is 17.5 Å². The summed E-state index contributed by atoms with van der Waals surface area (Å²) >= 11 is 0. The van der Waals surface area contributed by atoms with Crippen molar-refractivity contribution in [2.75, 3.05) is 0 Å². The number of hydrogen-bond donors (Lipinski definition) is 1. The molecule has 4 nitrogen and oxygen atoms in total. The van der Waals surface area contributed by atoms with E-state index in [-0.39, 0.29) is 12.0 Å². The Morgan fingerprint density at radius 3 is 3.05 bits per heavy atom. The van der Waals surface area contributed by atoms with Crippen molar-refractivity contribution < 1.29 is 4.42 Å². The van der Waals surface area contributed by atoms with Gasteiger partial charge < -0.3 is 10.2 Å². The number of rotatable bonds is 3. The summed E-state index contributed by atoms with van der Waals surface area (Å²) in [5.41, 5.74) is 8.66. The van der Waals surface area contributed by atoms with Crippen molar-refractivity contribution in [2.45, 2.75) is 44.6 Å². The molecule has 2 aromatic rings. The van der Waals surface area contributed by atoms with Gasteiger partial charge in [0.15, 0.2) is 0 Å². The van der Waals surface area contributed by atoms with E-state index in [0.29, 0.717) is 11.8 Å². The molecular formula is C15H19N3O. The van der Waals surface area contributed by atoms with Crippen molar-refractivity contribution in [3.8, 4) is 0 Å². The standard InChI is InChI=1S/C15H19N3O/c1-2-13(16)15-18-17-14(19-15)12-9-5-7-10-6-3-4-8-11(10)12/h3-4,6,8,12-13H,2,5,7,9,16H2,1H3. The van der Waals surface area contributed by atoms with Gasteiger partial charge in [-0.3, -0.25) is 0 Å². The van der Waals surface area contributed by atoms with Crippen LogP contribution in [-0.2, 0) is 6.42 Å². The van der Waals surface area contributed by atoms with E-state index in [9.17, 15) is 0 Å². The van der Waals surface area contributed by atoms with E-state index >= 15 is 0 Å². The van der Waals surface area contributed by atoms with Gasteiger partial charge in [0.1, 0.15) is 0 Å². The minimum absolute atomic E-state index is 0.153. The van der Waals surface area contributed by atoms with Gasteiger partial charge in [-0.25, -0.2) is 0 Å². The lowest BCUT2D eigenvalue weighted by Gasteiger charge is -2.22. The summed E-state index contributed by atoms with van der Waals surface area (Å²) in [5, 5.41) is 8.30. The first kappa shape index (κ1) is 12.4. The van der Waals surface area contributed by atoms with Crippen LogP contribution in [0.3, 0.4) is 0 Å². The molecule has 2 atom stereocenters. The summed E-state index contributed by atoms with van der Waals surface area (Å²) in [6, 6.07) is 8.37. The first-order chi connectivity index (χ1) is 9.29. The third-order valence-corrected chi connectivity index (χ3v) is 3.88. The minimum atomic E-state index is -0.153. The number of benzene rings is 1. The summed E-state index contributed by atoms with van der Waals surface area (Å²) in [4.78, 5) is 0. The fourth-order valence-corrected chi connectivity index (χ4v) is 2.72. The Morgan fingerprint density at radius 1 is 1.37 bits per heavy atom. The Bertz CT molecular complexity index is 564. The summed E-state index contributed by atoms with van der Waals surface area (Å²) in [5.74, 6) is 1.50. The highest BCUT2D eigenvalue weighted by Crippen LogP contribution is 2.36. The number of fused-ring (bicyclic) bond motifs is 1. The average molecular weight is 257 g/mol. The fraction of sp³-hybridized carbons (Fsp3) is 0.467. The van der Waals surface area contributed by atoms with E-state index in [1.807, 2.05) is 6.92 Å². The highest BCUT2D eigenvalue weighted by molar-refractivity contribution is 5.35. The zero-order chi connectivity index (χ0) is 13.2. The molecule has 1 aliphatic rings. The van der Waals surface area contributed by atoms with Gasteiger partial charge in [-0.1, -0.05) is 31.2 Å². The van der Waals surface area contributed by atoms with Crippen molar-refractivity contribution in [1.82, 2.24) is 10.2 Å². The Labute approximate surface area is 113 Å². The molecule has 0 spiro atoms. The lowest BCUT2D eigenvalue weighted by molar-refractivity contribution is 0.388.